The van der Waals surface area contributed by atoms with Crippen molar-refractivity contribution in [1.82, 2.24) is 19.9 Å². The Morgan fingerprint density at radius 3 is 2.77 bits per heavy atom. The van der Waals surface area contributed by atoms with Gasteiger partial charge in [0.25, 0.3) is 0 Å². The SMILES string of the molecule is CNC(=O)Cn1ccc2c(Nc3c(C)ccnc3OC(F)F)nccc21. The predicted molar refractivity (Wildman–Crippen MR) is 92.7 cm³/mol. The van der Waals surface area contributed by atoms with Crippen molar-refractivity contribution in [2.24, 2.45) is 0 Å². The lowest BCUT2D eigenvalue weighted by atomic mass is 10.2. The molecule has 3 heterocycles. The number of ether oxygens (including phenoxy) is 1. The van der Waals surface area contributed by atoms with Crippen LogP contribution in [0.15, 0.2) is 36.8 Å². The second kappa shape index (κ2) is 7.34. The maximum absolute atomic E-state index is 12.6. The number of rotatable bonds is 6. The molecule has 0 aliphatic rings. The Labute approximate surface area is 148 Å². The molecule has 0 radical (unpaired) electrons. The highest BCUT2D eigenvalue weighted by Gasteiger charge is 2.16. The zero-order valence-corrected chi connectivity index (χ0v) is 14.2. The van der Waals surface area contributed by atoms with Crippen LogP contribution in [0.3, 0.4) is 0 Å². The summed E-state index contributed by atoms with van der Waals surface area (Å²) in [4.78, 5) is 19.8. The van der Waals surface area contributed by atoms with E-state index in [1.807, 2.05) is 0 Å². The highest BCUT2D eigenvalue weighted by atomic mass is 19.3. The Balaban J connectivity index is 1.99. The summed E-state index contributed by atoms with van der Waals surface area (Å²) < 4.78 is 31.5. The molecule has 0 fully saturated rings. The normalized spacial score (nSPS) is 11.0. The van der Waals surface area contributed by atoms with Crippen LogP contribution < -0.4 is 15.4 Å². The predicted octanol–water partition coefficient (Wildman–Crippen LogP) is 2.83. The van der Waals surface area contributed by atoms with Gasteiger partial charge in [0.2, 0.25) is 11.8 Å². The van der Waals surface area contributed by atoms with Crippen molar-refractivity contribution in [1.29, 1.82) is 0 Å². The summed E-state index contributed by atoms with van der Waals surface area (Å²) in [6, 6.07) is 5.25. The van der Waals surface area contributed by atoms with Crippen molar-refractivity contribution in [3.63, 3.8) is 0 Å². The Kier molecular flexibility index (Phi) is 4.97. The molecule has 136 valence electrons. The fraction of sp³-hybridized carbons (Fsp3) is 0.235. The number of aromatic nitrogens is 3. The number of nitrogens with zero attached hydrogens (tertiary/aromatic N) is 3. The van der Waals surface area contributed by atoms with Crippen molar-refractivity contribution >= 4 is 28.3 Å². The van der Waals surface area contributed by atoms with Crippen LogP contribution in [-0.2, 0) is 11.3 Å². The number of hydrogen-bond acceptors (Lipinski definition) is 5. The van der Waals surface area contributed by atoms with Crippen LogP contribution in [0.2, 0.25) is 0 Å². The molecule has 1 amide bonds. The number of hydrogen-bond donors (Lipinski definition) is 2. The lowest BCUT2D eigenvalue weighted by Gasteiger charge is -2.14. The fourth-order valence-corrected chi connectivity index (χ4v) is 2.57. The quantitative estimate of drug-likeness (QED) is 0.706. The summed E-state index contributed by atoms with van der Waals surface area (Å²) in [5, 5.41) is 6.33. The number of alkyl halides is 2. The molecular weight excluding hydrogens is 344 g/mol. The number of halogens is 2. The van der Waals surface area contributed by atoms with Crippen molar-refractivity contribution in [3.8, 4) is 5.88 Å². The van der Waals surface area contributed by atoms with Crippen LogP contribution in [0, 0.1) is 6.92 Å². The first kappa shape index (κ1) is 17.6. The summed E-state index contributed by atoms with van der Waals surface area (Å²) in [6.45, 7) is -1.07. The lowest BCUT2D eigenvalue weighted by molar-refractivity contribution is -0.121. The number of aryl methyl sites for hydroxylation is 1. The van der Waals surface area contributed by atoms with E-state index in [2.05, 4.69) is 25.3 Å². The molecule has 0 aliphatic carbocycles. The molecule has 0 atom stereocenters. The van der Waals surface area contributed by atoms with Crippen LogP contribution in [0.5, 0.6) is 5.88 Å². The van der Waals surface area contributed by atoms with E-state index in [9.17, 15) is 13.6 Å². The van der Waals surface area contributed by atoms with E-state index in [4.69, 9.17) is 0 Å². The van der Waals surface area contributed by atoms with E-state index in [1.54, 1.807) is 49.1 Å². The first-order valence-corrected chi connectivity index (χ1v) is 7.81. The third-order valence-electron chi connectivity index (χ3n) is 3.86. The van der Waals surface area contributed by atoms with Gasteiger partial charge >= 0.3 is 6.61 Å². The van der Waals surface area contributed by atoms with E-state index < -0.39 is 6.61 Å². The highest BCUT2D eigenvalue weighted by Crippen LogP contribution is 2.32. The third-order valence-corrected chi connectivity index (χ3v) is 3.86. The summed E-state index contributed by atoms with van der Waals surface area (Å²) in [5.41, 5.74) is 1.77. The number of likely N-dealkylation sites (N-methyl/N-ethyl adjacent to an activating group) is 1. The summed E-state index contributed by atoms with van der Waals surface area (Å²) in [5.74, 6) is 0.113. The standard InChI is InChI=1S/C17H17F2N5O2/c1-10-3-6-22-16(26-17(18)19)14(10)23-15-11-5-8-24(9-13(25)20-2)12(11)4-7-21-15/h3-8,17H,9H2,1-2H3,(H,20,25)(H,21,23). The van der Waals surface area contributed by atoms with E-state index in [0.29, 0.717) is 17.1 Å². The number of amides is 1. The second-order valence-electron chi connectivity index (χ2n) is 5.52. The van der Waals surface area contributed by atoms with Gasteiger partial charge in [-0.3, -0.25) is 4.79 Å². The van der Waals surface area contributed by atoms with E-state index in [0.717, 1.165) is 10.9 Å². The zero-order valence-electron chi connectivity index (χ0n) is 14.2. The lowest BCUT2D eigenvalue weighted by Crippen LogP contribution is -2.22. The third kappa shape index (κ3) is 3.56. The maximum atomic E-state index is 12.6. The average molecular weight is 361 g/mol. The smallest absolute Gasteiger partial charge is 0.388 e. The Morgan fingerprint density at radius 2 is 2.04 bits per heavy atom. The molecule has 0 unspecified atom stereocenters. The highest BCUT2D eigenvalue weighted by molar-refractivity contribution is 5.93. The molecule has 3 rings (SSSR count). The zero-order chi connectivity index (χ0) is 18.7. The summed E-state index contributed by atoms with van der Waals surface area (Å²) in [7, 11) is 1.57. The van der Waals surface area contributed by atoms with Gasteiger partial charge in [0.1, 0.15) is 18.1 Å². The van der Waals surface area contributed by atoms with Crippen molar-refractivity contribution < 1.29 is 18.3 Å². The minimum atomic E-state index is -2.98. The van der Waals surface area contributed by atoms with Crippen molar-refractivity contribution in [2.45, 2.75) is 20.1 Å². The largest absolute Gasteiger partial charge is 0.415 e. The fourth-order valence-electron chi connectivity index (χ4n) is 2.57. The van der Waals surface area contributed by atoms with Crippen LogP contribution in [-0.4, -0.2) is 34.1 Å². The van der Waals surface area contributed by atoms with Gasteiger partial charge in [-0.05, 0) is 30.7 Å². The van der Waals surface area contributed by atoms with Gasteiger partial charge in [0.15, 0.2) is 0 Å². The molecular formula is C17H17F2N5O2. The molecule has 0 bridgehead atoms. The number of pyridine rings is 2. The van der Waals surface area contributed by atoms with Gasteiger partial charge in [-0.25, -0.2) is 9.97 Å². The van der Waals surface area contributed by atoms with Crippen LogP contribution in [0.4, 0.5) is 20.3 Å². The second-order valence-corrected chi connectivity index (χ2v) is 5.52. The molecule has 3 aromatic heterocycles. The van der Waals surface area contributed by atoms with E-state index >= 15 is 0 Å². The maximum Gasteiger partial charge on any atom is 0.388 e. The van der Waals surface area contributed by atoms with Gasteiger partial charge in [0, 0.05) is 31.0 Å². The number of fused-ring (bicyclic) bond motifs is 1. The van der Waals surface area contributed by atoms with E-state index in [1.165, 1.54) is 6.20 Å². The Bertz CT molecular complexity index is 942. The molecule has 7 nitrogen and oxygen atoms in total. The first-order valence-electron chi connectivity index (χ1n) is 7.81. The first-order chi connectivity index (χ1) is 12.5. The van der Waals surface area contributed by atoms with Gasteiger partial charge in [-0.2, -0.15) is 8.78 Å². The minimum absolute atomic E-state index is 0.135. The Hall–Kier alpha value is -3.23. The number of anilines is 2. The molecule has 3 aromatic rings. The molecule has 2 N–H and O–H groups in total. The summed E-state index contributed by atoms with van der Waals surface area (Å²) >= 11 is 0. The molecule has 9 heteroatoms. The minimum Gasteiger partial charge on any atom is -0.415 e. The number of carbonyl (C=O) groups is 1. The van der Waals surface area contributed by atoms with Crippen molar-refractivity contribution in [2.75, 3.05) is 12.4 Å². The van der Waals surface area contributed by atoms with Crippen LogP contribution in [0.1, 0.15) is 5.56 Å². The Morgan fingerprint density at radius 1 is 1.27 bits per heavy atom. The number of nitrogens with one attached hydrogen (secondary N) is 2. The van der Waals surface area contributed by atoms with Crippen molar-refractivity contribution in [3.05, 3.63) is 42.4 Å². The van der Waals surface area contributed by atoms with Crippen LogP contribution in [0.25, 0.3) is 10.9 Å². The van der Waals surface area contributed by atoms with Gasteiger partial charge < -0.3 is 19.9 Å². The monoisotopic (exact) mass is 361 g/mol. The molecule has 0 aliphatic heterocycles. The van der Waals surface area contributed by atoms with Gasteiger partial charge in [-0.1, -0.05) is 0 Å². The average Bonchev–Trinajstić information content (AvgIpc) is 3.01. The van der Waals surface area contributed by atoms with E-state index in [-0.39, 0.29) is 18.3 Å². The molecule has 0 saturated heterocycles. The molecule has 0 aromatic carbocycles. The summed E-state index contributed by atoms with van der Waals surface area (Å²) in [6.07, 6.45) is 4.73. The van der Waals surface area contributed by atoms with Gasteiger partial charge in [0.05, 0.1) is 5.52 Å². The molecule has 0 saturated carbocycles. The number of carbonyl (C=O) groups excluding carboxylic acids is 1. The topological polar surface area (TPSA) is 81.1 Å². The molecule has 26 heavy (non-hydrogen) atoms. The van der Waals surface area contributed by atoms with Crippen LogP contribution >= 0.6 is 0 Å². The molecule has 0 spiro atoms. The van der Waals surface area contributed by atoms with Gasteiger partial charge in [-0.15, -0.1) is 0 Å².